The van der Waals surface area contributed by atoms with Crippen LogP contribution < -0.4 is 4.74 Å². The van der Waals surface area contributed by atoms with E-state index in [-0.39, 0.29) is 11.6 Å². The predicted molar refractivity (Wildman–Crippen MR) is 124 cm³/mol. The quantitative estimate of drug-likeness (QED) is 0.169. The molecule has 0 aliphatic heterocycles. The number of H-pyrrole nitrogens is 1. The van der Waals surface area contributed by atoms with Crippen molar-refractivity contribution in [3.63, 3.8) is 0 Å². The largest absolute Gasteiger partial charge is 0.493 e. The van der Waals surface area contributed by atoms with Crippen LogP contribution in [0.15, 0.2) is 78.4 Å². The van der Waals surface area contributed by atoms with Gasteiger partial charge >= 0.3 is 0 Å². The van der Waals surface area contributed by atoms with Crippen molar-refractivity contribution in [1.82, 2.24) is 19.9 Å². The van der Waals surface area contributed by atoms with Crippen molar-refractivity contribution in [2.45, 2.75) is 5.03 Å². The number of ether oxygens (including phenoxy) is 1. The summed E-state index contributed by atoms with van der Waals surface area (Å²) in [5.74, 6) is 0.876. The van der Waals surface area contributed by atoms with Gasteiger partial charge in [-0.2, -0.15) is 0 Å². The number of carbonyl (C=O) groups is 1. The summed E-state index contributed by atoms with van der Waals surface area (Å²) >= 11 is 1.57. The molecule has 0 saturated carbocycles. The molecule has 2 heterocycles. The van der Waals surface area contributed by atoms with Gasteiger partial charge in [0.1, 0.15) is 28.4 Å². The van der Waals surface area contributed by atoms with Crippen LogP contribution in [0.1, 0.15) is 11.1 Å². The molecular formula is C24H19FN4O2S. The molecule has 0 saturated heterocycles. The first-order valence-corrected chi connectivity index (χ1v) is 10.8. The van der Waals surface area contributed by atoms with Gasteiger partial charge in [-0.25, -0.2) is 19.3 Å². The van der Waals surface area contributed by atoms with Crippen LogP contribution in [-0.2, 0) is 4.79 Å². The van der Waals surface area contributed by atoms with E-state index in [1.807, 2.05) is 24.3 Å². The van der Waals surface area contributed by atoms with Crippen LogP contribution in [0.3, 0.4) is 0 Å². The summed E-state index contributed by atoms with van der Waals surface area (Å²) in [5.41, 5.74) is 2.71. The average Bonchev–Trinajstić information content (AvgIpc) is 3.30. The zero-order valence-corrected chi connectivity index (χ0v) is 17.8. The predicted octanol–water partition coefficient (Wildman–Crippen LogP) is 4.96. The normalized spacial score (nSPS) is 11.5. The highest BCUT2D eigenvalue weighted by molar-refractivity contribution is 7.99. The van der Waals surface area contributed by atoms with E-state index in [9.17, 15) is 9.18 Å². The molecular weight excluding hydrogens is 427 g/mol. The van der Waals surface area contributed by atoms with E-state index < -0.39 is 0 Å². The van der Waals surface area contributed by atoms with Crippen molar-refractivity contribution in [3.05, 3.63) is 90.3 Å². The monoisotopic (exact) mass is 446 g/mol. The standard InChI is InChI=1S/C24H19FN4O2S/c25-21-4-2-1-3-18(21)8-10-19(30)9-5-17-6-11-20(12-7-17)31-13-14-32-24-22-23(27-15-26-22)28-16-29-24/h1-12,15-16H,13-14H2,(H,26,27,28,29)/b9-5+,10-8+. The molecule has 8 heteroatoms. The first-order valence-electron chi connectivity index (χ1n) is 9.83. The van der Waals surface area contributed by atoms with Gasteiger partial charge in [-0.1, -0.05) is 36.4 Å². The minimum Gasteiger partial charge on any atom is -0.493 e. The van der Waals surface area contributed by atoms with E-state index in [1.54, 1.807) is 42.4 Å². The van der Waals surface area contributed by atoms with E-state index in [1.165, 1.54) is 30.6 Å². The van der Waals surface area contributed by atoms with Crippen LogP contribution in [-0.4, -0.2) is 38.1 Å². The highest BCUT2D eigenvalue weighted by Gasteiger charge is 2.06. The summed E-state index contributed by atoms with van der Waals surface area (Å²) < 4.78 is 19.3. The van der Waals surface area contributed by atoms with Crippen molar-refractivity contribution >= 4 is 40.9 Å². The number of benzene rings is 2. The lowest BCUT2D eigenvalue weighted by Crippen LogP contribution is -2.00. The van der Waals surface area contributed by atoms with E-state index >= 15 is 0 Å². The van der Waals surface area contributed by atoms with Crippen molar-refractivity contribution in [1.29, 1.82) is 0 Å². The Bertz CT molecular complexity index is 1270. The second-order valence-electron chi connectivity index (χ2n) is 6.64. The lowest BCUT2D eigenvalue weighted by Gasteiger charge is -2.06. The average molecular weight is 447 g/mol. The van der Waals surface area contributed by atoms with Gasteiger partial charge in [0.25, 0.3) is 0 Å². The summed E-state index contributed by atoms with van der Waals surface area (Å²) in [4.78, 5) is 27.5. The number of ketones is 1. The number of aromatic nitrogens is 4. The molecule has 0 aliphatic rings. The molecule has 0 fully saturated rings. The highest BCUT2D eigenvalue weighted by atomic mass is 32.2. The SMILES string of the molecule is O=C(/C=C/c1ccc(OCCSc2ncnc3nc[nH]c23)cc1)/C=C/c1ccccc1F. The van der Waals surface area contributed by atoms with E-state index in [4.69, 9.17) is 4.74 Å². The Labute approximate surface area is 188 Å². The van der Waals surface area contributed by atoms with Crippen LogP contribution in [0.4, 0.5) is 4.39 Å². The summed E-state index contributed by atoms with van der Waals surface area (Å²) in [5, 5.41) is 0.838. The lowest BCUT2D eigenvalue weighted by atomic mass is 10.1. The number of rotatable bonds is 9. The molecule has 4 rings (SSSR count). The van der Waals surface area contributed by atoms with Gasteiger partial charge < -0.3 is 9.72 Å². The molecule has 0 spiro atoms. The lowest BCUT2D eigenvalue weighted by molar-refractivity contribution is -0.110. The van der Waals surface area contributed by atoms with E-state index in [2.05, 4.69) is 19.9 Å². The number of nitrogens with zero attached hydrogens (tertiary/aromatic N) is 3. The third kappa shape index (κ3) is 5.67. The topological polar surface area (TPSA) is 80.8 Å². The third-order valence-electron chi connectivity index (χ3n) is 4.43. The summed E-state index contributed by atoms with van der Waals surface area (Å²) in [6.45, 7) is 0.513. The van der Waals surface area contributed by atoms with Crippen LogP contribution in [0, 0.1) is 5.82 Å². The first-order chi connectivity index (χ1) is 15.7. The Balaban J connectivity index is 1.24. The summed E-state index contributed by atoms with van der Waals surface area (Å²) in [6.07, 6.45) is 9.07. The van der Waals surface area contributed by atoms with Crippen molar-refractivity contribution in [2.24, 2.45) is 0 Å². The fourth-order valence-electron chi connectivity index (χ4n) is 2.84. The van der Waals surface area contributed by atoms with E-state index in [0.717, 1.165) is 27.6 Å². The molecule has 6 nitrogen and oxygen atoms in total. The fraction of sp³-hybridized carbons (Fsp3) is 0.0833. The van der Waals surface area contributed by atoms with Crippen LogP contribution in [0.5, 0.6) is 5.75 Å². The number of carbonyl (C=O) groups excluding carboxylic acids is 1. The number of imidazole rings is 1. The Kier molecular flexibility index (Phi) is 7.04. The number of thioether (sulfide) groups is 1. The molecule has 4 aromatic rings. The minimum absolute atomic E-state index is 0.221. The van der Waals surface area contributed by atoms with Crippen LogP contribution in [0.2, 0.25) is 0 Å². The van der Waals surface area contributed by atoms with Crippen molar-refractivity contribution < 1.29 is 13.9 Å². The van der Waals surface area contributed by atoms with Crippen molar-refractivity contribution in [3.8, 4) is 5.75 Å². The van der Waals surface area contributed by atoms with Gasteiger partial charge in [-0.3, -0.25) is 4.79 Å². The number of aromatic amines is 1. The Morgan fingerprint density at radius 1 is 1.03 bits per heavy atom. The number of hydrogen-bond donors (Lipinski definition) is 1. The second kappa shape index (κ2) is 10.5. The molecule has 1 N–H and O–H groups in total. The van der Waals surface area contributed by atoms with Gasteiger partial charge in [-0.05, 0) is 42.0 Å². The maximum atomic E-state index is 13.6. The van der Waals surface area contributed by atoms with Gasteiger partial charge in [0.15, 0.2) is 11.4 Å². The summed E-state index contributed by atoms with van der Waals surface area (Å²) in [7, 11) is 0. The van der Waals surface area contributed by atoms with Gasteiger partial charge in [0.05, 0.1) is 12.9 Å². The zero-order valence-electron chi connectivity index (χ0n) is 16.9. The molecule has 0 unspecified atom stereocenters. The minimum atomic E-state index is -0.360. The number of halogens is 1. The molecule has 2 aromatic heterocycles. The van der Waals surface area contributed by atoms with Crippen molar-refractivity contribution in [2.75, 3.05) is 12.4 Å². The maximum Gasteiger partial charge on any atom is 0.181 e. The molecule has 0 radical (unpaired) electrons. The number of fused-ring (bicyclic) bond motifs is 1. The maximum absolute atomic E-state index is 13.6. The zero-order chi connectivity index (χ0) is 22.2. The number of hydrogen-bond acceptors (Lipinski definition) is 6. The van der Waals surface area contributed by atoms with Crippen LogP contribution in [0.25, 0.3) is 23.3 Å². The molecule has 0 bridgehead atoms. The van der Waals surface area contributed by atoms with E-state index in [0.29, 0.717) is 17.8 Å². The van der Waals surface area contributed by atoms with Gasteiger partial charge in [0.2, 0.25) is 0 Å². The van der Waals surface area contributed by atoms with Gasteiger partial charge in [-0.15, -0.1) is 11.8 Å². The highest BCUT2D eigenvalue weighted by Crippen LogP contribution is 2.22. The first kappa shape index (κ1) is 21.5. The Morgan fingerprint density at radius 3 is 2.69 bits per heavy atom. The van der Waals surface area contributed by atoms with Crippen LogP contribution >= 0.6 is 11.8 Å². The molecule has 0 aliphatic carbocycles. The smallest absolute Gasteiger partial charge is 0.181 e. The fourth-order valence-corrected chi connectivity index (χ4v) is 3.62. The summed E-state index contributed by atoms with van der Waals surface area (Å²) in [6, 6.07) is 13.7. The Morgan fingerprint density at radius 2 is 1.84 bits per heavy atom. The Hall–Kier alpha value is -3.78. The number of allylic oxidation sites excluding steroid dienone is 2. The molecule has 0 amide bonds. The molecule has 160 valence electrons. The molecule has 0 atom stereocenters. The third-order valence-corrected chi connectivity index (χ3v) is 5.39. The number of nitrogens with one attached hydrogen (secondary N) is 1. The molecule has 2 aromatic carbocycles. The molecule has 32 heavy (non-hydrogen) atoms. The second-order valence-corrected chi connectivity index (χ2v) is 7.72. The van der Waals surface area contributed by atoms with Gasteiger partial charge in [0, 0.05) is 11.3 Å².